The number of nitrogens with one attached hydrogen (secondary N) is 2. The lowest BCUT2D eigenvalue weighted by atomic mass is 9.98. The van der Waals surface area contributed by atoms with Crippen molar-refractivity contribution < 1.29 is 4.79 Å². The molecule has 0 radical (unpaired) electrons. The highest BCUT2D eigenvalue weighted by Gasteiger charge is 2.16. The predicted octanol–water partition coefficient (Wildman–Crippen LogP) is 3.56. The van der Waals surface area contributed by atoms with Crippen molar-refractivity contribution in [1.29, 1.82) is 0 Å². The minimum absolute atomic E-state index is 0.184. The Morgan fingerprint density at radius 3 is 2.67 bits per heavy atom. The van der Waals surface area contributed by atoms with Gasteiger partial charge in [-0.05, 0) is 48.7 Å². The minimum atomic E-state index is -0.184. The molecule has 4 rings (SSSR count). The molecule has 120 valence electrons. The van der Waals surface area contributed by atoms with Crippen LogP contribution in [0.1, 0.15) is 28.4 Å². The van der Waals surface area contributed by atoms with Crippen molar-refractivity contribution in [3.8, 4) is 0 Å². The number of nitrogens with zero attached hydrogens (tertiary/aromatic N) is 1. The van der Waals surface area contributed by atoms with E-state index >= 15 is 0 Å². The number of fused-ring (bicyclic) bond motifs is 1. The molecule has 24 heavy (non-hydrogen) atoms. The highest BCUT2D eigenvalue weighted by atomic mass is 16.1. The molecule has 1 aliphatic heterocycles. The van der Waals surface area contributed by atoms with Gasteiger partial charge in [0.1, 0.15) is 5.69 Å². The molecule has 1 amide bonds. The molecule has 0 bridgehead atoms. The van der Waals surface area contributed by atoms with Crippen molar-refractivity contribution in [2.24, 2.45) is 0 Å². The number of pyridine rings is 1. The first-order valence-corrected chi connectivity index (χ1v) is 8.27. The highest BCUT2D eigenvalue weighted by molar-refractivity contribution is 6.04. The van der Waals surface area contributed by atoms with E-state index in [-0.39, 0.29) is 5.91 Å². The number of carbonyl (C=O) groups excluding carboxylic acids is 1. The molecule has 1 aliphatic rings. The topological polar surface area (TPSA) is 54.0 Å². The molecule has 2 aromatic carbocycles. The zero-order valence-electron chi connectivity index (χ0n) is 13.3. The van der Waals surface area contributed by atoms with Crippen LogP contribution in [-0.4, -0.2) is 24.0 Å². The molecule has 2 heterocycles. The summed E-state index contributed by atoms with van der Waals surface area (Å²) in [6.45, 7) is 2.11. The Balaban J connectivity index is 1.50. The lowest BCUT2D eigenvalue weighted by Crippen LogP contribution is -2.13. The second kappa shape index (κ2) is 6.42. The van der Waals surface area contributed by atoms with Crippen molar-refractivity contribution in [3.63, 3.8) is 0 Å². The summed E-state index contributed by atoms with van der Waals surface area (Å²) in [5.74, 6) is 0.396. The van der Waals surface area contributed by atoms with Gasteiger partial charge in [-0.25, -0.2) is 4.98 Å². The molecule has 2 N–H and O–H groups in total. The van der Waals surface area contributed by atoms with E-state index in [4.69, 9.17) is 0 Å². The van der Waals surface area contributed by atoms with E-state index < -0.39 is 0 Å². The van der Waals surface area contributed by atoms with Gasteiger partial charge < -0.3 is 10.6 Å². The number of para-hydroxylation sites is 1. The Bertz CT molecular complexity index is 867. The summed E-state index contributed by atoms with van der Waals surface area (Å²) >= 11 is 0. The number of carbonyl (C=O) groups is 1. The van der Waals surface area contributed by atoms with Crippen LogP contribution in [0.25, 0.3) is 10.9 Å². The molecule has 1 saturated heterocycles. The third-order valence-corrected chi connectivity index (χ3v) is 4.53. The van der Waals surface area contributed by atoms with Gasteiger partial charge in [0.25, 0.3) is 5.91 Å². The highest BCUT2D eigenvalue weighted by Crippen LogP contribution is 2.23. The standard InChI is InChI=1S/C20H19N3O/c24-20(19-10-7-15-3-1-2-4-18(15)23-19)22-17-8-5-14(6-9-17)16-11-12-21-13-16/h1-10,16,21H,11-13H2,(H,22,24)/t16-/m0/s1. The number of benzene rings is 2. The third kappa shape index (κ3) is 3.01. The molecule has 4 heteroatoms. The zero-order chi connectivity index (χ0) is 16.4. The van der Waals surface area contributed by atoms with Gasteiger partial charge in [0.2, 0.25) is 0 Å². The second-order valence-electron chi connectivity index (χ2n) is 6.16. The molecular weight excluding hydrogens is 298 g/mol. The minimum Gasteiger partial charge on any atom is -0.321 e. The molecule has 0 unspecified atom stereocenters. The SMILES string of the molecule is O=C(Nc1ccc([C@H]2CCNC2)cc1)c1ccc2ccccc2n1. The van der Waals surface area contributed by atoms with E-state index in [1.807, 2.05) is 42.5 Å². The summed E-state index contributed by atoms with van der Waals surface area (Å²) in [6, 6.07) is 19.6. The fourth-order valence-corrected chi connectivity index (χ4v) is 3.17. The lowest BCUT2D eigenvalue weighted by molar-refractivity contribution is 0.102. The number of amides is 1. The molecule has 1 atom stereocenters. The van der Waals surface area contributed by atoms with Gasteiger partial charge in [-0.15, -0.1) is 0 Å². The Morgan fingerprint density at radius 2 is 1.88 bits per heavy atom. The summed E-state index contributed by atoms with van der Waals surface area (Å²) in [7, 11) is 0. The van der Waals surface area contributed by atoms with Gasteiger partial charge in [-0.1, -0.05) is 36.4 Å². The maximum atomic E-state index is 12.4. The van der Waals surface area contributed by atoms with E-state index in [0.29, 0.717) is 11.6 Å². The Hall–Kier alpha value is -2.72. The van der Waals surface area contributed by atoms with Crippen molar-refractivity contribution in [1.82, 2.24) is 10.3 Å². The maximum absolute atomic E-state index is 12.4. The third-order valence-electron chi connectivity index (χ3n) is 4.53. The van der Waals surface area contributed by atoms with E-state index in [1.54, 1.807) is 6.07 Å². The molecule has 0 spiro atoms. The van der Waals surface area contributed by atoms with Gasteiger partial charge in [-0.3, -0.25) is 4.79 Å². The van der Waals surface area contributed by atoms with Crippen LogP contribution in [0.4, 0.5) is 5.69 Å². The average molecular weight is 317 g/mol. The Labute approximate surface area is 140 Å². The normalized spacial score (nSPS) is 17.1. The van der Waals surface area contributed by atoms with E-state index in [9.17, 15) is 4.79 Å². The zero-order valence-corrected chi connectivity index (χ0v) is 13.3. The fourth-order valence-electron chi connectivity index (χ4n) is 3.17. The summed E-state index contributed by atoms with van der Waals surface area (Å²) < 4.78 is 0. The molecule has 1 fully saturated rings. The van der Waals surface area contributed by atoms with Crippen molar-refractivity contribution in [3.05, 3.63) is 71.9 Å². The molecular formula is C20H19N3O. The fraction of sp³-hybridized carbons (Fsp3) is 0.200. The molecule has 0 aliphatic carbocycles. The first kappa shape index (κ1) is 14.8. The quantitative estimate of drug-likeness (QED) is 0.776. The van der Waals surface area contributed by atoms with Gasteiger partial charge in [0.05, 0.1) is 5.52 Å². The summed E-state index contributed by atoms with van der Waals surface area (Å²) in [5.41, 5.74) is 3.37. The number of rotatable bonds is 3. The maximum Gasteiger partial charge on any atom is 0.274 e. The van der Waals surface area contributed by atoms with Crippen LogP contribution in [-0.2, 0) is 0 Å². The summed E-state index contributed by atoms with van der Waals surface area (Å²) in [6.07, 6.45) is 1.17. The van der Waals surface area contributed by atoms with Crippen LogP contribution in [0.2, 0.25) is 0 Å². The van der Waals surface area contributed by atoms with E-state index in [0.717, 1.165) is 29.7 Å². The molecule has 0 saturated carbocycles. The van der Waals surface area contributed by atoms with Gasteiger partial charge in [0, 0.05) is 17.6 Å². The Morgan fingerprint density at radius 1 is 1.04 bits per heavy atom. The van der Waals surface area contributed by atoms with Gasteiger partial charge in [0.15, 0.2) is 0 Å². The first-order valence-electron chi connectivity index (χ1n) is 8.27. The van der Waals surface area contributed by atoms with Crippen LogP contribution < -0.4 is 10.6 Å². The van der Waals surface area contributed by atoms with Crippen molar-refractivity contribution in [2.75, 3.05) is 18.4 Å². The number of hydrogen-bond donors (Lipinski definition) is 2. The van der Waals surface area contributed by atoms with Crippen LogP contribution in [0.5, 0.6) is 0 Å². The smallest absolute Gasteiger partial charge is 0.274 e. The van der Waals surface area contributed by atoms with Crippen LogP contribution >= 0.6 is 0 Å². The van der Waals surface area contributed by atoms with E-state index in [2.05, 4.69) is 27.8 Å². The molecule has 1 aromatic heterocycles. The summed E-state index contributed by atoms with van der Waals surface area (Å²) in [5, 5.41) is 7.33. The predicted molar refractivity (Wildman–Crippen MR) is 96.4 cm³/mol. The summed E-state index contributed by atoms with van der Waals surface area (Å²) in [4.78, 5) is 16.8. The van der Waals surface area contributed by atoms with Crippen molar-refractivity contribution >= 4 is 22.5 Å². The average Bonchev–Trinajstić information content (AvgIpc) is 3.16. The number of anilines is 1. The van der Waals surface area contributed by atoms with Gasteiger partial charge >= 0.3 is 0 Å². The number of hydrogen-bond acceptors (Lipinski definition) is 3. The monoisotopic (exact) mass is 317 g/mol. The van der Waals surface area contributed by atoms with Crippen LogP contribution in [0.15, 0.2) is 60.7 Å². The first-order chi connectivity index (χ1) is 11.8. The molecule has 4 nitrogen and oxygen atoms in total. The van der Waals surface area contributed by atoms with Crippen molar-refractivity contribution in [2.45, 2.75) is 12.3 Å². The Kier molecular flexibility index (Phi) is 3.97. The lowest BCUT2D eigenvalue weighted by Gasteiger charge is -2.10. The van der Waals surface area contributed by atoms with Crippen LogP contribution in [0, 0.1) is 0 Å². The number of aromatic nitrogens is 1. The van der Waals surface area contributed by atoms with E-state index in [1.165, 1.54) is 12.0 Å². The van der Waals surface area contributed by atoms with Gasteiger partial charge in [-0.2, -0.15) is 0 Å². The van der Waals surface area contributed by atoms with Crippen LogP contribution in [0.3, 0.4) is 0 Å². The molecule has 3 aromatic rings. The largest absolute Gasteiger partial charge is 0.321 e. The second-order valence-corrected chi connectivity index (χ2v) is 6.16.